The van der Waals surface area contributed by atoms with Crippen LogP contribution in [-0.4, -0.2) is 17.3 Å². The number of nitrogens with one attached hydrogen (secondary N) is 2. The third kappa shape index (κ3) is 4.44. The van der Waals surface area contributed by atoms with Crippen LogP contribution in [-0.2, 0) is 11.3 Å². The Bertz CT molecular complexity index is 419. The molecule has 0 fully saturated rings. The van der Waals surface area contributed by atoms with Crippen LogP contribution in [0.3, 0.4) is 0 Å². The fourth-order valence-corrected chi connectivity index (χ4v) is 1.29. The van der Waals surface area contributed by atoms with Crippen LogP contribution >= 0.6 is 11.6 Å². The highest BCUT2D eigenvalue weighted by Gasteiger charge is 2.12. The maximum absolute atomic E-state index is 11.3. The first kappa shape index (κ1) is 13.5. The van der Waals surface area contributed by atoms with Crippen molar-refractivity contribution in [2.24, 2.45) is 0 Å². The number of carbonyl (C=O) groups is 2. The summed E-state index contributed by atoms with van der Waals surface area (Å²) in [6.45, 7) is 3.84. The van der Waals surface area contributed by atoms with Crippen LogP contribution in [0.5, 0.6) is 0 Å². The van der Waals surface area contributed by atoms with E-state index in [9.17, 15) is 9.59 Å². The minimum absolute atomic E-state index is 0.377. The SMILES string of the molecule is Cc1ccccc1CNC(=O)NC(=O)C(C)Cl. The lowest BCUT2D eigenvalue weighted by atomic mass is 10.1. The highest BCUT2D eigenvalue weighted by atomic mass is 35.5. The van der Waals surface area contributed by atoms with Crippen LogP contribution in [0.15, 0.2) is 24.3 Å². The Kier molecular flexibility index (Phi) is 4.97. The van der Waals surface area contributed by atoms with Gasteiger partial charge < -0.3 is 5.32 Å². The predicted molar refractivity (Wildman–Crippen MR) is 66.9 cm³/mol. The van der Waals surface area contributed by atoms with Crippen molar-refractivity contribution in [1.82, 2.24) is 10.6 Å². The molecular weight excluding hydrogens is 240 g/mol. The number of alkyl halides is 1. The Morgan fingerprint density at radius 2 is 2.00 bits per heavy atom. The second-order valence-electron chi connectivity index (χ2n) is 3.71. The fraction of sp³-hybridized carbons (Fsp3) is 0.333. The van der Waals surface area contributed by atoms with Gasteiger partial charge in [-0.15, -0.1) is 11.6 Å². The van der Waals surface area contributed by atoms with Gasteiger partial charge in [-0.1, -0.05) is 24.3 Å². The van der Waals surface area contributed by atoms with Gasteiger partial charge in [-0.05, 0) is 25.0 Å². The second-order valence-corrected chi connectivity index (χ2v) is 4.37. The number of urea groups is 1. The molecule has 0 aromatic heterocycles. The average Bonchev–Trinajstić information content (AvgIpc) is 2.27. The summed E-state index contributed by atoms with van der Waals surface area (Å²) < 4.78 is 0. The number of hydrogen-bond donors (Lipinski definition) is 2. The zero-order valence-corrected chi connectivity index (χ0v) is 10.5. The number of hydrogen-bond acceptors (Lipinski definition) is 2. The monoisotopic (exact) mass is 254 g/mol. The summed E-state index contributed by atoms with van der Waals surface area (Å²) in [5, 5.41) is 4.02. The lowest BCUT2D eigenvalue weighted by Gasteiger charge is -2.09. The van der Waals surface area contributed by atoms with E-state index in [0.29, 0.717) is 6.54 Å². The van der Waals surface area contributed by atoms with E-state index in [-0.39, 0.29) is 0 Å². The Hall–Kier alpha value is -1.55. The van der Waals surface area contributed by atoms with E-state index in [2.05, 4.69) is 10.6 Å². The smallest absolute Gasteiger partial charge is 0.321 e. The zero-order valence-electron chi connectivity index (χ0n) is 9.79. The maximum atomic E-state index is 11.3. The normalized spacial score (nSPS) is 11.7. The molecule has 0 radical (unpaired) electrons. The molecule has 0 aliphatic heterocycles. The summed E-state index contributed by atoms with van der Waals surface area (Å²) in [6, 6.07) is 7.17. The quantitative estimate of drug-likeness (QED) is 0.810. The minimum Gasteiger partial charge on any atom is -0.334 e. The van der Waals surface area contributed by atoms with Gasteiger partial charge >= 0.3 is 6.03 Å². The summed E-state index contributed by atoms with van der Waals surface area (Å²) >= 11 is 5.52. The van der Waals surface area contributed by atoms with Crippen molar-refractivity contribution in [3.63, 3.8) is 0 Å². The lowest BCUT2D eigenvalue weighted by Crippen LogP contribution is -2.41. The van der Waals surface area contributed by atoms with Crippen molar-refractivity contribution in [3.8, 4) is 0 Å². The molecule has 1 rings (SSSR count). The van der Waals surface area contributed by atoms with Crippen LogP contribution in [0.2, 0.25) is 0 Å². The molecule has 1 atom stereocenters. The number of benzene rings is 1. The summed E-state index contributed by atoms with van der Waals surface area (Å²) in [5.41, 5.74) is 2.10. The predicted octanol–water partition coefficient (Wildman–Crippen LogP) is 1.95. The van der Waals surface area contributed by atoms with Gasteiger partial charge in [-0.2, -0.15) is 0 Å². The summed E-state index contributed by atoms with van der Waals surface area (Å²) in [7, 11) is 0. The standard InChI is InChI=1S/C12H15ClN2O2/c1-8-5-3-4-6-10(8)7-14-12(17)15-11(16)9(2)13/h3-6,9H,7H2,1-2H3,(H2,14,15,16,17). The van der Waals surface area contributed by atoms with Crippen molar-refractivity contribution in [3.05, 3.63) is 35.4 Å². The molecule has 0 spiro atoms. The van der Waals surface area contributed by atoms with Gasteiger partial charge in [0.25, 0.3) is 0 Å². The molecule has 1 aromatic rings. The van der Waals surface area contributed by atoms with Gasteiger partial charge in [0.2, 0.25) is 5.91 Å². The highest BCUT2D eigenvalue weighted by Crippen LogP contribution is 2.05. The Morgan fingerprint density at radius 3 is 2.59 bits per heavy atom. The minimum atomic E-state index is -0.723. The first-order valence-corrected chi connectivity index (χ1v) is 5.71. The third-order valence-corrected chi connectivity index (χ3v) is 2.50. The van der Waals surface area contributed by atoms with E-state index >= 15 is 0 Å². The third-order valence-electron chi connectivity index (χ3n) is 2.30. The van der Waals surface area contributed by atoms with E-state index in [1.165, 1.54) is 6.92 Å². The van der Waals surface area contributed by atoms with Gasteiger partial charge in [0.05, 0.1) is 0 Å². The maximum Gasteiger partial charge on any atom is 0.321 e. The molecule has 0 aliphatic carbocycles. The number of aryl methyl sites for hydroxylation is 1. The molecule has 17 heavy (non-hydrogen) atoms. The van der Waals surface area contributed by atoms with Crippen molar-refractivity contribution in [2.75, 3.05) is 0 Å². The molecule has 1 aromatic carbocycles. The van der Waals surface area contributed by atoms with Crippen molar-refractivity contribution >= 4 is 23.5 Å². The second kappa shape index (κ2) is 6.25. The highest BCUT2D eigenvalue weighted by molar-refractivity contribution is 6.31. The molecule has 0 aliphatic rings. The molecular formula is C12H15ClN2O2. The number of imide groups is 1. The van der Waals surface area contributed by atoms with Gasteiger partial charge in [0, 0.05) is 6.54 Å². The zero-order chi connectivity index (χ0) is 12.8. The molecule has 0 heterocycles. The summed E-state index contributed by atoms with van der Waals surface area (Å²) in [4.78, 5) is 22.5. The topological polar surface area (TPSA) is 58.2 Å². The number of halogens is 1. The van der Waals surface area contributed by atoms with Crippen molar-refractivity contribution in [2.45, 2.75) is 25.8 Å². The number of carbonyl (C=O) groups excluding carboxylic acids is 2. The van der Waals surface area contributed by atoms with E-state index < -0.39 is 17.3 Å². The van der Waals surface area contributed by atoms with E-state index in [4.69, 9.17) is 11.6 Å². The fourth-order valence-electron chi connectivity index (χ4n) is 1.24. The van der Waals surface area contributed by atoms with Crippen LogP contribution in [0.4, 0.5) is 4.79 Å². The number of amides is 3. The number of rotatable bonds is 3. The molecule has 4 nitrogen and oxygen atoms in total. The van der Waals surface area contributed by atoms with Gasteiger partial charge in [0.1, 0.15) is 5.38 Å². The Morgan fingerprint density at radius 1 is 1.35 bits per heavy atom. The summed E-state index contributed by atoms with van der Waals surface area (Å²) in [5.74, 6) is -0.506. The molecule has 2 N–H and O–H groups in total. The van der Waals surface area contributed by atoms with E-state index in [1.54, 1.807) is 0 Å². The van der Waals surface area contributed by atoms with Crippen LogP contribution < -0.4 is 10.6 Å². The Balaban J connectivity index is 2.44. The molecule has 0 bridgehead atoms. The largest absolute Gasteiger partial charge is 0.334 e. The summed E-state index contributed by atoms with van der Waals surface area (Å²) in [6.07, 6.45) is 0. The Labute approximate surface area is 105 Å². The van der Waals surface area contributed by atoms with E-state index in [1.807, 2.05) is 31.2 Å². The van der Waals surface area contributed by atoms with Gasteiger partial charge in [-0.3, -0.25) is 10.1 Å². The lowest BCUT2D eigenvalue weighted by molar-refractivity contribution is -0.119. The van der Waals surface area contributed by atoms with Gasteiger partial charge in [0.15, 0.2) is 0 Å². The molecule has 5 heteroatoms. The van der Waals surface area contributed by atoms with Gasteiger partial charge in [-0.25, -0.2) is 4.79 Å². The molecule has 0 saturated carbocycles. The van der Waals surface area contributed by atoms with Crippen LogP contribution in [0.25, 0.3) is 0 Å². The van der Waals surface area contributed by atoms with Crippen molar-refractivity contribution in [1.29, 1.82) is 0 Å². The van der Waals surface area contributed by atoms with E-state index in [0.717, 1.165) is 11.1 Å². The van der Waals surface area contributed by atoms with Crippen LogP contribution in [0.1, 0.15) is 18.1 Å². The molecule has 1 unspecified atom stereocenters. The molecule has 3 amide bonds. The first-order chi connectivity index (χ1) is 8.00. The molecule has 0 saturated heterocycles. The molecule has 92 valence electrons. The van der Waals surface area contributed by atoms with Crippen molar-refractivity contribution < 1.29 is 9.59 Å². The average molecular weight is 255 g/mol. The first-order valence-electron chi connectivity index (χ1n) is 5.28. The van der Waals surface area contributed by atoms with Crippen LogP contribution in [0, 0.1) is 6.92 Å².